The molecule has 0 bridgehead atoms. The van der Waals surface area contributed by atoms with Gasteiger partial charge in [0.05, 0.1) is 23.0 Å². The van der Waals surface area contributed by atoms with Gasteiger partial charge in [0.25, 0.3) is 0 Å². The molecule has 7 nitrogen and oxygen atoms in total. The highest BCUT2D eigenvalue weighted by Crippen LogP contribution is 2.22. The molecule has 1 aromatic rings. The van der Waals surface area contributed by atoms with Crippen LogP contribution in [0.5, 0.6) is 0 Å². The Bertz CT molecular complexity index is 684. The molecule has 0 heterocycles. The second-order valence-electron chi connectivity index (χ2n) is 6.34. The van der Waals surface area contributed by atoms with E-state index in [0.717, 1.165) is 5.56 Å². The van der Waals surface area contributed by atoms with Gasteiger partial charge < -0.3 is 15.2 Å². The molecule has 1 amide bonds. The fourth-order valence-electron chi connectivity index (χ4n) is 2.26. The Kier molecular flexibility index (Phi) is 7.41. The van der Waals surface area contributed by atoms with Crippen LogP contribution in [0.1, 0.15) is 26.3 Å². The molecule has 0 aliphatic heterocycles. The predicted molar refractivity (Wildman–Crippen MR) is 94.2 cm³/mol. The van der Waals surface area contributed by atoms with E-state index < -0.39 is 38.3 Å². The first-order valence-electron chi connectivity index (χ1n) is 7.98. The Morgan fingerprint density at radius 3 is 2.36 bits per heavy atom. The fourth-order valence-corrected chi connectivity index (χ4v) is 3.78. The highest BCUT2D eigenvalue weighted by Gasteiger charge is 2.38. The first-order valence-corrected chi connectivity index (χ1v) is 9.64. The Labute approximate surface area is 148 Å². The maximum atomic E-state index is 12.7. The lowest BCUT2D eigenvalue weighted by molar-refractivity contribution is -0.147. The van der Waals surface area contributed by atoms with Gasteiger partial charge in [-0.15, -0.1) is 0 Å². The molecule has 0 unspecified atom stereocenters. The van der Waals surface area contributed by atoms with Crippen molar-refractivity contribution < 1.29 is 27.9 Å². The van der Waals surface area contributed by atoms with Gasteiger partial charge >= 0.3 is 12.1 Å². The molecule has 0 aliphatic carbocycles. The normalized spacial score (nSPS) is 13.1. The number of sulfone groups is 1. The van der Waals surface area contributed by atoms with Crippen LogP contribution < -0.4 is 5.32 Å². The Morgan fingerprint density at radius 1 is 1.24 bits per heavy atom. The molecule has 0 radical (unpaired) electrons. The van der Waals surface area contributed by atoms with E-state index in [1.54, 1.807) is 6.92 Å². The van der Waals surface area contributed by atoms with Crippen LogP contribution in [0, 0.1) is 5.92 Å². The lowest BCUT2D eigenvalue weighted by Gasteiger charge is -2.27. The number of hydrogen-bond donors (Lipinski definition) is 2. The van der Waals surface area contributed by atoms with E-state index in [-0.39, 0.29) is 19.6 Å². The lowest BCUT2D eigenvalue weighted by Crippen LogP contribution is -2.46. The third-order valence-electron chi connectivity index (χ3n) is 3.87. The van der Waals surface area contributed by atoms with Gasteiger partial charge in [0.2, 0.25) is 0 Å². The summed E-state index contributed by atoms with van der Waals surface area (Å²) in [6, 6.07) is 9.09. The smallest absolute Gasteiger partial charge is 0.404 e. The zero-order valence-corrected chi connectivity index (χ0v) is 15.5. The standard InChI is InChI=1S/C17H25NO6S/c1-4-24-15(19)14(10-13-8-6-5-7-9-13)11-25(22,23)17(2,3)12-18-16(20)21/h5-9,14,18H,4,10-12H2,1-3H3,(H,20,21)/t14-/m1/s1. The topological polar surface area (TPSA) is 110 Å². The van der Waals surface area contributed by atoms with Crippen LogP contribution in [0.25, 0.3) is 0 Å². The molecule has 2 N–H and O–H groups in total. The van der Waals surface area contributed by atoms with Gasteiger partial charge in [-0.05, 0) is 32.8 Å². The number of carbonyl (C=O) groups excluding carboxylic acids is 1. The summed E-state index contributed by atoms with van der Waals surface area (Å²) in [5, 5.41) is 10.8. The third-order valence-corrected chi connectivity index (χ3v) is 6.54. The van der Waals surface area contributed by atoms with Crippen molar-refractivity contribution in [3.63, 3.8) is 0 Å². The highest BCUT2D eigenvalue weighted by atomic mass is 32.2. The summed E-state index contributed by atoms with van der Waals surface area (Å²) in [7, 11) is -3.76. The van der Waals surface area contributed by atoms with Crippen molar-refractivity contribution in [2.45, 2.75) is 31.9 Å². The summed E-state index contributed by atoms with van der Waals surface area (Å²) in [5.74, 6) is -1.83. The van der Waals surface area contributed by atoms with Crippen LogP contribution in [0.3, 0.4) is 0 Å². The molecule has 0 aromatic heterocycles. The van der Waals surface area contributed by atoms with Crippen molar-refractivity contribution in [2.24, 2.45) is 5.92 Å². The number of carboxylic acid groups (broad SMARTS) is 1. The van der Waals surface area contributed by atoms with Crippen molar-refractivity contribution in [3.8, 4) is 0 Å². The maximum Gasteiger partial charge on any atom is 0.404 e. The molecule has 140 valence electrons. The van der Waals surface area contributed by atoms with Crippen LogP contribution in [0.15, 0.2) is 30.3 Å². The largest absolute Gasteiger partial charge is 0.466 e. The monoisotopic (exact) mass is 371 g/mol. The quantitative estimate of drug-likeness (QED) is 0.641. The number of nitrogens with one attached hydrogen (secondary N) is 1. The van der Waals surface area contributed by atoms with E-state index in [1.807, 2.05) is 30.3 Å². The summed E-state index contributed by atoms with van der Waals surface area (Å²) in [6.07, 6.45) is -1.06. The van der Waals surface area contributed by atoms with Crippen molar-refractivity contribution in [1.82, 2.24) is 5.32 Å². The van der Waals surface area contributed by atoms with E-state index in [2.05, 4.69) is 5.32 Å². The van der Waals surface area contributed by atoms with Crippen molar-refractivity contribution in [3.05, 3.63) is 35.9 Å². The summed E-state index contributed by atoms with van der Waals surface area (Å²) in [5.41, 5.74) is 0.831. The van der Waals surface area contributed by atoms with Crippen LogP contribution in [-0.2, 0) is 25.8 Å². The van der Waals surface area contributed by atoms with Gasteiger partial charge in [-0.1, -0.05) is 30.3 Å². The SMILES string of the molecule is CCOC(=O)[C@H](Cc1ccccc1)CS(=O)(=O)C(C)(C)CNC(=O)O. The zero-order chi connectivity index (χ0) is 19.1. The van der Waals surface area contributed by atoms with Gasteiger partial charge in [-0.2, -0.15) is 0 Å². The molecule has 0 saturated heterocycles. The van der Waals surface area contributed by atoms with E-state index in [4.69, 9.17) is 9.84 Å². The van der Waals surface area contributed by atoms with E-state index in [9.17, 15) is 18.0 Å². The molecule has 1 atom stereocenters. The molecular formula is C17H25NO6S. The van der Waals surface area contributed by atoms with Crippen molar-refractivity contribution >= 4 is 21.9 Å². The molecule has 25 heavy (non-hydrogen) atoms. The summed E-state index contributed by atoms with van der Waals surface area (Å²) < 4.78 is 29.1. The van der Waals surface area contributed by atoms with Gasteiger partial charge in [0.1, 0.15) is 0 Å². The minimum atomic E-state index is -3.76. The molecule has 1 rings (SSSR count). The van der Waals surface area contributed by atoms with Crippen molar-refractivity contribution in [1.29, 1.82) is 0 Å². The first-order chi connectivity index (χ1) is 11.6. The molecule has 8 heteroatoms. The average molecular weight is 371 g/mol. The van der Waals surface area contributed by atoms with Crippen molar-refractivity contribution in [2.75, 3.05) is 18.9 Å². The highest BCUT2D eigenvalue weighted by molar-refractivity contribution is 7.92. The summed E-state index contributed by atoms with van der Waals surface area (Å²) >= 11 is 0. The predicted octanol–water partition coefficient (Wildman–Crippen LogP) is 1.87. The molecule has 0 saturated carbocycles. The first kappa shape index (κ1) is 21.0. The minimum absolute atomic E-state index is 0.161. The fraction of sp³-hybridized carbons (Fsp3) is 0.529. The molecule has 1 aromatic carbocycles. The van der Waals surface area contributed by atoms with Crippen LogP contribution >= 0.6 is 0 Å². The molecule has 0 spiro atoms. The van der Waals surface area contributed by atoms with Crippen LogP contribution in [0.2, 0.25) is 0 Å². The van der Waals surface area contributed by atoms with E-state index >= 15 is 0 Å². The van der Waals surface area contributed by atoms with Crippen LogP contribution in [0.4, 0.5) is 4.79 Å². The third kappa shape index (κ3) is 6.38. The van der Waals surface area contributed by atoms with Crippen LogP contribution in [-0.4, -0.2) is 49.2 Å². The number of esters is 1. The number of amides is 1. The molecular weight excluding hydrogens is 346 g/mol. The summed E-state index contributed by atoms with van der Waals surface area (Å²) in [4.78, 5) is 22.9. The van der Waals surface area contributed by atoms with E-state index in [1.165, 1.54) is 13.8 Å². The summed E-state index contributed by atoms with van der Waals surface area (Å²) in [6.45, 7) is 4.43. The maximum absolute atomic E-state index is 12.7. The van der Waals surface area contributed by atoms with Gasteiger partial charge in [0.15, 0.2) is 9.84 Å². The minimum Gasteiger partial charge on any atom is -0.466 e. The Balaban J connectivity index is 2.98. The average Bonchev–Trinajstić information content (AvgIpc) is 2.53. The number of hydrogen-bond acceptors (Lipinski definition) is 5. The zero-order valence-electron chi connectivity index (χ0n) is 14.7. The molecule has 0 aliphatic rings. The number of benzene rings is 1. The Morgan fingerprint density at radius 2 is 1.84 bits per heavy atom. The van der Waals surface area contributed by atoms with E-state index in [0.29, 0.717) is 0 Å². The second-order valence-corrected chi connectivity index (χ2v) is 9.01. The second kappa shape index (κ2) is 8.84. The van der Waals surface area contributed by atoms with Gasteiger partial charge in [-0.3, -0.25) is 4.79 Å². The molecule has 0 fully saturated rings. The lowest BCUT2D eigenvalue weighted by atomic mass is 10.0. The number of rotatable bonds is 9. The number of carbonyl (C=O) groups is 2. The van der Waals surface area contributed by atoms with Gasteiger partial charge in [0, 0.05) is 6.54 Å². The number of ether oxygens (including phenoxy) is 1. The Hall–Kier alpha value is -2.09. The van der Waals surface area contributed by atoms with Gasteiger partial charge in [-0.25, -0.2) is 13.2 Å².